The number of benzene rings is 1. The van der Waals surface area contributed by atoms with Gasteiger partial charge in [-0.15, -0.1) is 17.8 Å². The lowest BCUT2D eigenvalue weighted by Crippen LogP contribution is -2.01. The second-order valence-electron chi connectivity index (χ2n) is 3.39. The second-order valence-corrected chi connectivity index (χ2v) is 5.09. The van der Waals surface area contributed by atoms with Crippen LogP contribution in [0.1, 0.15) is 10.4 Å². The molecule has 0 unspecified atom stereocenters. The lowest BCUT2D eigenvalue weighted by molar-refractivity contribution is 0.508. The van der Waals surface area contributed by atoms with Crippen molar-refractivity contribution in [3.63, 3.8) is 0 Å². The lowest BCUT2D eigenvalue weighted by Gasteiger charge is -2.08. The van der Waals surface area contributed by atoms with Crippen molar-refractivity contribution in [3.8, 4) is 12.3 Å². The van der Waals surface area contributed by atoms with Crippen LogP contribution in [-0.4, -0.2) is 4.98 Å². The van der Waals surface area contributed by atoms with Gasteiger partial charge in [0.05, 0.1) is 17.8 Å². The Morgan fingerprint density at radius 2 is 2.11 bits per heavy atom. The average Bonchev–Trinajstić information content (AvgIpc) is 2.76. The second kappa shape index (κ2) is 5.34. The highest BCUT2D eigenvalue weighted by Gasteiger charge is 2.08. The van der Waals surface area contributed by atoms with Gasteiger partial charge in [0.2, 0.25) is 0 Å². The monoisotopic (exact) mass is 284 g/mol. The molecule has 2 aromatic rings. The summed E-state index contributed by atoms with van der Waals surface area (Å²) in [5, 5.41) is 2.92. The van der Waals surface area contributed by atoms with Crippen LogP contribution in [0.4, 0.5) is 14.5 Å². The number of nitrogens with one attached hydrogen (secondary N) is 1. The molecular formula is C12H7ClF2N2S. The van der Waals surface area contributed by atoms with Crippen LogP contribution in [0.5, 0.6) is 0 Å². The van der Waals surface area contributed by atoms with Crippen LogP contribution in [0.3, 0.4) is 0 Å². The van der Waals surface area contributed by atoms with Crippen LogP contribution in [-0.2, 0) is 6.54 Å². The van der Waals surface area contributed by atoms with Crippen molar-refractivity contribution in [2.45, 2.75) is 6.54 Å². The first-order valence-corrected chi connectivity index (χ1v) is 6.09. The summed E-state index contributed by atoms with van der Waals surface area (Å²) >= 11 is 6.98. The Balaban J connectivity index is 2.19. The lowest BCUT2D eigenvalue weighted by atomic mass is 10.1. The fraction of sp³-hybridized carbons (Fsp3) is 0.0833. The van der Waals surface area contributed by atoms with Crippen molar-refractivity contribution >= 4 is 28.6 Å². The van der Waals surface area contributed by atoms with Gasteiger partial charge in [-0.05, 0) is 6.07 Å². The van der Waals surface area contributed by atoms with Crippen LogP contribution in [0.25, 0.3) is 0 Å². The molecule has 1 aromatic carbocycles. The Kier molecular flexibility index (Phi) is 3.80. The first-order valence-electron chi connectivity index (χ1n) is 4.90. The van der Waals surface area contributed by atoms with Crippen LogP contribution >= 0.6 is 22.9 Å². The molecule has 0 saturated heterocycles. The molecule has 2 nitrogen and oxygen atoms in total. The molecule has 0 fully saturated rings. The van der Waals surface area contributed by atoms with Crippen LogP contribution in [0.15, 0.2) is 18.3 Å². The molecule has 92 valence electrons. The van der Waals surface area contributed by atoms with E-state index in [1.54, 1.807) is 6.20 Å². The summed E-state index contributed by atoms with van der Waals surface area (Å²) in [4.78, 5) is 4.74. The number of hydrogen-bond donors (Lipinski definition) is 1. The van der Waals surface area contributed by atoms with E-state index in [-0.39, 0.29) is 5.56 Å². The molecule has 0 bridgehead atoms. The van der Waals surface area contributed by atoms with E-state index >= 15 is 0 Å². The van der Waals surface area contributed by atoms with E-state index in [2.05, 4.69) is 16.2 Å². The molecule has 0 aliphatic heterocycles. The molecular weight excluding hydrogens is 278 g/mol. The SMILES string of the molecule is C#Cc1cc(F)c(F)cc1NCc1cnc(Cl)s1. The van der Waals surface area contributed by atoms with E-state index < -0.39 is 11.6 Å². The molecule has 18 heavy (non-hydrogen) atoms. The summed E-state index contributed by atoms with van der Waals surface area (Å²) < 4.78 is 26.5. The fourth-order valence-corrected chi connectivity index (χ4v) is 2.28. The number of halogens is 3. The highest BCUT2D eigenvalue weighted by atomic mass is 35.5. The molecule has 6 heteroatoms. The van der Waals surface area contributed by atoms with E-state index in [9.17, 15) is 8.78 Å². The summed E-state index contributed by atoms with van der Waals surface area (Å²) in [5.41, 5.74) is 0.630. The molecule has 1 aromatic heterocycles. The minimum atomic E-state index is -0.964. The summed E-state index contributed by atoms with van der Waals surface area (Å²) in [5.74, 6) is 0.389. The van der Waals surface area contributed by atoms with Crippen molar-refractivity contribution in [2.24, 2.45) is 0 Å². The van der Waals surface area contributed by atoms with Gasteiger partial charge in [-0.2, -0.15) is 0 Å². The molecule has 1 N–H and O–H groups in total. The molecule has 0 amide bonds. The van der Waals surface area contributed by atoms with Gasteiger partial charge in [0.1, 0.15) is 0 Å². The van der Waals surface area contributed by atoms with Crippen molar-refractivity contribution in [1.82, 2.24) is 4.98 Å². The standard InChI is InChI=1S/C12H7ClF2N2S/c1-2-7-3-9(14)10(15)4-11(7)16-5-8-6-17-12(13)18-8/h1,3-4,6,16H,5H2. The summed E-state index contributed by atoms with van der Waals surface area (Å²) in [6.45, 7) is 0.393. The zero-order valence-corrected chi connectivity index (χ0v) is 10.6. The van der Waals surface area contributed by atoms with Gasteiger partial charge in [0, 0.05) is 17.1 Å². The number of anilines is 1. The number of thiazole rings is 1. The van der Waals surface area contributed by atoms with E-state index in [1.165, 1.54) is 11.3 Å². The highest BCUT2D eigenvalue weighted by Crippen LogP contribution is 2.22. The molecule has 0 saturated carbocycles. The van der Waals surface area contributed by atoms with E-state index in [4.69, 9.17) is 18.0 Å². The normalized spacial score (nSPS) is 10.1. The topological polar surface area (TPSA) is 24.9 Å². The molecule has 0 aliphatic rings. The first-order chi connectivity index (χ1) is 8.60. The minimum absolute atomic E-state index is 0.268. The number of terminal acetylenes is 1. The van der Waals surface area contributed by atoms with E-state index in [0.29, 0.717) is 16.7 Å². The largest absolute Gasteiger partial charge is 0.379 e. The van der Waals surface area contributed by atoms with Crippen molar-refractivity contribution in [2.75, 3.05) is 5.32 Å². The highest BCUT2D eigenvalue weighted by molar-refractivity contribution is 7.15. The van der Waals surface area contributed by atoms with Crippen molar-refractivity contribution in [1.29, 1.82) is 0 Å². The molecule has 2 rings (SSSR count). The smallest absolute Gasteiger partial charge is 0.183 e. The Hall–Kier alpha value is -1.64. The maximum atomic E-state index is 13.1. The predicted molar refractivity (Wildman–Crippen MR) is 68.7 cm³/mol. The molecule has 1 heterocycles. The molecule has 0 atom stereocenters. The first kappa shape index (κ1) is 12.8. The average molecular weight is 285 g/mol. The Labute approximate surface area is 112 Å². The predicted octanol–water partition coefficient (Wildman–Crippen LogP) is 3.67. The van der Waals surface area contributed by atoms with Gasteiger partial charge < -0.3 is 5.32 Å². The summed E-state index contributed by atoms with van der Waals surface area (Å²) in [6, 6.07) is 2.02. The summed E-state index contributed by atoms with van der Waals surface area (Å²) in [6.07, 6.45) is 6.84. The number of hydrogen-bond acceptors (Lipinski definition) is 3. The Morgan fingerprint density at radius 1 is 1.39 bits per heavy atom. The van der Waals surface area contributed by atoms with Gasteiger partial charge in [-0.3, -0.25) is 0 Å². The number of aromatic nitrogens is 1. The zero-order valence-electron chi connectivity index (χ0n) is 9.01. The molecule has 0 spiro atoms. The van der Waals surface area contributed by atoms with Gasteiger partial charge >= 0.3 is 0 Å². The molecule has 0 radical (unpaired) electrons. The fourth-order valence-electron chi connectivity index (χ4n) is 1.36. The van der Waals surface area contributed by atoms with Crippen molar-refractivity contribution in [3.05, 3.63) is 44.9 Å². The van der Waals surface area contributed by atoms with Crippen LogP contribution < -0.4 is 5.32 Å². The van der Waals surface area contributed by atoms with Crippen LogP contribution in [0.2, 0.25) is 4.47 Å². The van der Waals surface area contributed by atoms with Gasteiger partial charge in [0.25, 0.3) is 0 Å². The number of nitrogens with zero attached hydrogens (tertiary/aromatic N) is 1. The maximum absolute atomic E-state index is 13.1. The minimum Gasteiger partial charge on any atom is -0.379 e. The Bertz CT molecular complexity index is 619. The quantitative estimate of drug-likeness (QED) is 0.870. The van der Waals surface area contributed by atoms with E-state index in [0.717, 1.165) is 17.0 Å². The third kappa shape index (κ3) is 2.78. The van der Waals surface area contributed by atoms with Crippen molar-refractivity contribution < 1.29 is 8.78 Å². The Morgan fingerprint density at radius 3 is 2.72 bits per heavy atom. The van der Waals surface area contributed by atoms with E-state index in [1.807, 2.05) is 0 Å². The molecule has 0 aliphatic carbocycles. The van der Waals surface area contributed by atoms with Gasteiger partial charge in [0.15, 0.2) is 16.1 Å². The summed E-state index contributed by atoms with van der Waals surface area (Å²) in [7, 11) is 0. The van der Waals surface area contributed by atoms with Crippen LogP contribution in [0, 0.1) is 24.0 Å². The third-order valence-corrected chi connectivity index (χ3v) is 3.31. The number of rotatable bonds is 3. The maximum Gasteiger partial charge on any atom is 0.183 e. The zero-order chi connectivity index (χ0) is 13.1. The third-order valence-electron chi connectivity index (χ3n) is 2.19. The van der Waals surface area contributed by atoms with Gasteiger partial charge in [-0.1, -0.05) is 17.5 Å². The van der Waals surface area contributed by atoms with Gasteiger partial charge in [-0.25, -0.2) is 13.8 Å².